The summed E-state index contributed by atoms with van der Waals surface area (Å²) in [5, 5.41) is 0.976. The summed E-state index contributed by atoms with van der Waals surface area (Å²) >= 11 is 1.52. The lowest BCUT2D eigenvalue weighted by atomic mass is 10.0. The Bertz CT molecular complexity index is 713. The van der Waals surface area contributed by atoms with Crippen molar-refractivity contribution in [1.29, 1.82) is 0 Å². The van der Waals surface area contributed by atoms with Crippen molar-refractivity contribution in [2.75, 3.05) is 19.4 Å². The molecule has 0 saturated heterocycles. The predicted molar refractivity (Wildman–Crippen MR) is 91.3 cm³/mol. The maximum atomic E-state index is 12.3. The van der Waals surface area contributed by atoms with Gasteiger partial charge < -0.3 is 21.7 Å². The summed E-state index contributed by atoms with van der Waals surface area (Å²) in [4.78, 5) is 16.9. The number of methoxy groups -OCH3 is 1. The first-order valence-corrected chi connectivity index (χ1v) is 8.19. The lowest BCUT2D eigenvalue weighted by Gasteiger charge is -2.15. The molecule has 3 rings (SSSR count). The smallest absolute Gasteiger partial charge is 0.173 e. The van der Waals surface area contributed by atoms with Crippen molar-refractivity contribution in [3.63, 3.8) is 0 Å². The largest absolute Gasteiger partial charge is 1.00 e. The van der Waals surface area contributed by atoms with E-state index in [1.165, 1.54) is 22.9 Å². The van der Waals surface area contributed by atoms with Crippen LogP contribution in [0.15, 0.2) is 53.5 Å². The van der Waals surface area contributed by atoms with Gasteiger partial charge in [0.05, 0.1) is 17.9 Å². The van der Waals surface area contributed by atoms with Crippen LogP contribution in [0.5, 0.6) is 5.75 Å². The van der Waals surface area contributed by atoms with Crippen molar-refractivity contribution in [2.45, 2.75) is 6.42 Å². The molecular formula is C18H17BrNO2S-. The Balaban J connectivity index is 0.00000192. The molecule has 23 heavy (non-hydrogen) atoms. The number of halogens is 1. The number of fused-ring (bicyclic) bond motifs is 1. The van der Waals surface area contributed by atoms with E-state index in [0.29, 0.717) is 11.3 Å². The molecule has 0 aliphatic carbocycles. The first kappa shape index (κ1) is 17.8. The van der Waals surface area contributed by atoms with E-state index in [9.17, 15) is 4.79 Å². The van der Waals surface area contributed by atoms with Crippen LogP contribution in [0.1, 0.15) is 21.5 Å². The van der Waals surface area contributed by atoms with Gasteiger partial charge in [-0.15, -0.1) is 0 Å². The molecule has 2 aromatic carbocycles. The highest BCUT2D eigenvalue weighted by Crippen LogP contribution is 2.23. The van der Waals surface area contributed by atoms with Gasteiger partial charge in [0.15, 0.2) is 5.78 Å². The van der Waals surface area contributed by atoms with E-state index >= 15 is 0 Å². The lowest BCUT2D eigenvalue weighted by molar-refractivity contribution is -0.0000124. The van der Waals surface area contributed by atoms with E-state index < -0.39 is 0 Å². The van der Waals surface area contributed by atoms with Crippen molar-refractivity contribution in [1.82, 2.24) is 0 Å². The summed E-state index contributed by atoms with van der Waals surface area (Å²) in [5.74, 6) is 1.27. The molecule has 0 amide bonds. The van der Waals surface area contributed by atoms with Crippen LogP contribution in [0, 0.1) is 0 Å². The van der Waals surface area contributed by atoms with Gasteiger partial charge in [0, 0.05) is 17.7 Å². The normalized spacial score (nSPS) is 12.7. The third kappa shape index (κ3) is 4.24. The quantitative estimate of drug-likeness (QED) is 0.718. The lowest BCUT2D eigenvalue weighted by Crippen LogP contribution is -3.00. The fourth-order valence-electron chi connectivity index (χ4n) is 2.43. The maximum absolute atomic E-state index is 12.3. The molecule has 0 bridgehead atoms. The van der Waals surface area contributed by atoms with Gasteiger partial charge in [-0.05, 0) is 36.2 Å². The standard InChI is InChI=1S/C18H17NO2S.BrH/c1-21-15-8-6-14(7-9-15)17(20)12-22-18-16-5-3-2-4-13(16)10-11-19-18;/h2-9H,10-12H2,1H3;1H/p-1. The zero-order chi connectivity index (χ0) is 15.4. The summed E-state index contributed by atoms with van der Waals surface area (Å²) in [5.41, 5.74) is 3.19. The molecule has 1 aliphatic heterocycles. The molecule has 2 aromatic rings. The number of hydrogen-bond donors (Lipinski definition) is 0. The molecule has 3 nitrogen and oxygen atoms in total. The molecule has 1 heterocycles. The van der Waals surface area contributed by atoms with Crippen molar-refractivity contribution in [3.05, 3.63) is 65.2 Å². The molecule has 1 aliphatic rings. The minimum absolute atomic E-state index is 0. The Kier molecular flexibility index (Phi) is 6.42. The highest BCUT2D eigenvalue weighted by molar-refractivity contribution is 8.15. The Morgan fingerprint density at radius 2 is 1.91 bits per heavy atom. The summed E-state index contributed by atoms with van der Waals surface area (Å²) in [7, 11) is 1.62. The van der Waals surface area contributed by atoms with Crippen LogP contribution in [-0.4, -0.2) is 30.2 Å². The molecule has 0 saturated carbocycles. The van der Waals surface area contributed by atoms with Crippen LogP contribution in [-0.2, 0) is 6.42 Å². The van der Waals surface area contributed by atoms with E-state index in [0.717, 1.165) is 23.8 Å². The van der Waals surface area contributed by atoms with Crippen molar-refractivity contribution >= 4 is 22.6 Å². The van der Waals surface area contributed by atoms with Crippen LogP contribution in [0.2, 0.25) is 0 Å². The van der Waals surface area contributed by atoms with Crippen LogP contribution >= 0.6 is 11.8 Å². The van der Waals surface area contributed by atoms with E-state index in [4.69, 9.17) is 4.74 Å². The molecule has 0 spiro atoms. The van der Waals surface area contributed by atoms with Gasteiger partial charge in [-0.3, -0.25) is 9.79 Å². The minimum Gasteiger partial charge on any atom is -1.00 e. The van der Waals surface area contributed by atoms with Gasteiger partial charge in [-0.25, -0.2) is 0 Å². The zero-order valence-electron chi connectivity index (χ0n) is 12.8. The number of carbonyl (C=O) groups excluding carboxylic acids is 1. The summed E-state index contributed by atoms with van der Waals surface area (Å²) in [6.45, 7) is 0.802. The van der Waals surface area contributed by atoms with E-state index in [1.54, 1.807) is 19.2 Å². The van der Waals surface area contributed by atoms with E-state index in [1.807, 2.05) is 18.2 Å². The number of Topliss-reactive ketones (excluding diaryl/α,β-unsaturated/α-hetero) is 1. The molecular weight excluding hydrogens is 374 g/mol. The minimum atomic E-state index is 0. The number of thioether (sulfide) groups is 1. The molecule has 120 valence electrons. The molecule has 0 unspecified atom stereocenters. The zero-order valence-corrected chi connectivity index (χ0v) is 15.2. The summed E-state index contributed by atoms with van der Waals surface area (Å²) < 4.78 is 5.11. The second-order valence-electron chi connectivity index (χ2n) is 5.03. The van der Waals surface area contributed by atoms with Gasteiger partial charge >= 0.3 is 0 Å². The Morgan fingerprint density at radius 3 is 2.65 bits per heavy atom. The average molecular weight is 391 g/mol. The second kappa shape index (κ2) is 8.31. The van der Waals surface area contributed by atoms with Gasteiger partial charge in [0.25, 0.3) is 0 Å². The number of benzene rings is 2. The van der Waals surface area contributed by atoms with Gasteiger partial charge in [0.2, 0.25) is 0 Å². The second-order valence-corrected chi connectivity index (χ2v) is 6.00. The number of rotatable bonds is 4. The molecule has 5 heteroatoms. The molecule has 0 atom stereocenters. The number of aliphatic imine (C=N–C) groups is 1. The molecule has 0 fully saturated rings. The fourth-order valence-corrected chi connectivity index (χ4v) is 3.40. The first-order valence-electron chi connectivity index (χ1n) is 7.20. The molecule has 0 N–H and O–H groups in total. The van der Waals surface area contributed by atoms with Crippen LogP contribution in [0.25, 0.3) is 0 Å². The Morgan fingerprint density at radius 1 is 1.17 bits per heavy atom. The average Bonchev–Trinajstić information content (AvgIpc) is 2.59. The maximum Gasteiger partial charge on any atom is 0.173 e. The summed E-state index contributed by atoms with van der Waals surface area (Å²) in [6.07, 6.45) is 0.979. The highest BCUT2D eigenvalue weighted by atomic mass is 79.9. The first-order chi connectivity index (χ1) is 10.8. The van der Waals surface area contributed by atoms with E-state index in [2.05, 4.69) is 23.2 Å². The van der Waals surface area contributed by atoms with Gasteiger partial charge in [0.1, 0.15) is 5.75 Å². The molecule has 0 radical (unpaired) electrons. The number of nitrogens with zero attached hydrogens (tertiary/aromatic N) is 1. The van der Waals surface area contributed by atoms with Gasteiger partial charge in [-0.1, -0.05) is 36.0 Å². The SMILES string of the molecule is COc1ccc(C(=O)CSC2=NCCc3ccccc32)cc1.[Br-]. The summed E-state index contributed by atoms with van der Waals surface area (Å²) in [6, 6.07) is 15.5. The number of ketones is 1. The van der Waals surface area contributed by atoms with E-state index in [-0.39, 0.29) is 22.8 Å². The number of ether oxygens (including phenoxy) is 1. The third-order valence-electron chi connectivity index (χ3n) is 3.64. The van der Waals surface area contributed by atoms with Crippen molar-refractivity contribution in [2.24, 2.45) is 4.99 Å². The fraction of sp³-hybridized carbons (Fsp3) is 0.222. The predicted octanol–water partition coefficient (Wildman–Crippen LogP) is 0.618. The topological polar surface area (TPSA) is 38.7 Å². The third-order valence-corrected chi connectivity index (χ3v) is 4.67. The number of carbonyl (C=O) groups is 1. The molecule has 0 aromatic heterocycles. The monoisotopic (exact) mass is 390 g/mol. The van der Waals surface area contributed by atoms with Crippen molar-refractivity contribution in [3.8, 4) is 5.75 Å². The Hall–Kier alpha value is -1.59. The van der Waals surface area contributed by atoms with Crippen LogP contribution < -0.4 is 21.7 Å². The van der Waals surface area contributed by atoms with Gasteiger partial charge in [-0.2, -0.15) is 0 Å². The highest BCUT2D eigenvalue weighted by Gasteiger charge is 2.15. The van der Waals surface area contributed by atoms with Crippen LogP contribution in [0.3, 0.4) is 0 Å². The van der Waals surface area contributed by atoms with Crippen LogP contribution in [0.4, 0.5) is 0 Å². The Labute approximate surface area is 150 Å². The van der Waals surface area contributed by atoms with Crippen molar-refractivity contribution < 1.29 is 26.5 Å². The number of hydrogen-bond acceptors (Lipinski definition) is 4.